The van der Waals surface area contributed by atoms with E-state index in [1.807, 2.05) is 6.92 Å². The largest absolute Gasteiger partial charge is 0.416 e. The predicted octanol–water partition coefficient (Wildman–Crippen LogP) is 6.09. The summed E-state index contributed by atoms with van der Waals surface area (Å²) in [6, 6.07) is 8.78. The third-order valence-electron chi connectivity index (χ3n) is 4.07. The zero-order valence-electron chi connectivity index (χ0n) is 15.1. The number of nitrogens with one attached hydrogen (secondary N) is 1. The van der Waals surface area contributed by atoms with Crippen molar-refractivity contribution in [3.63, 3.8) is 0 Å². The molecule has 1 heterocycles. The molecule has 3 rings (SSSR count). The number of nitrogens with zero attached hydrogens (tertiary/aromatic N) is 1. The molecule has 0 saturated heterocycles. The molecule has 3 aromatic rings. The van der Waals surface area contributed by atoms with Crippen molar-refractivity contribution in [3.05, 3.63) is 70.0 Å². The van der Waals surface area contributed by atoms with Crippen LogP contribution in [0.1, 0.15) is 28.4 Å². The number of aromatic nitrogens is 1. The van der Waals surface area contributed by atoms with Crippen LogP contribution < -0.4 is 5.32 Å². The minimum Gasteiger partial charge on any atom is -0.348 e. The number of hydrogen-bond donors (Lipinski definition) is 1. The highest BCUT2D eigenvalue weighted by molar-refractivity contribution is 7.99. The van der Waals surface area contributed by atoms with E-state index in [0.29, 0.717) is 11.3 Å². The van der Waals surface area contributed by atoms with Gasteiger partial charge >= 0.3 is 6.18 Å². The van der Waals surface area contributed by atoms with Crippen LogP contribution >= 0.6 is 23.4 Å². The first kappa shape index (κ1) is 21.4. The first-order valence-electron chi connectivity index (χ1n) is 8.56. The third-order valence-corrected chi connectivity index (χ3v) is 5.32. The number of rotatable bonds is 5. The van der Waals surface area contributed by atoms with Crippen LogP contribution in [0, 0.1) is 5.82 Å². The third kappa shape index (κ3) is 4.82. The van der Waals surface area contributed by atoms with E-state index in [-0.39, 0.29) is 33.1 Å². The van der Waals surface area contributed by atoms with E-state index in [0.717, 1.165) is 12.1 Å². The maximum atomic E-state index is 13.3. The summed E-state index contributed by atoms with van der Waals surface area (Å²) in [5.41, 5.74) is -0.142. The number of halogens is 5. The summed E-state index contributed by atoms with van der Waals surface area (Å²) in [6.45, 7) is 1.89. The molecule has 1 N–H and O–H groups in total. The highest BCUT2D eigenvalue weighted by Gasteiger charge is 2.31. The molecular weight excluding hydrogens is 428 g/mol. The molecule has 0 atom stereocenters. The van der Waals surface area contributed by atoms with Crippen LogP contribution in [-0.4, -0.2) is 16.6 Å². The summed E-state index contributed by atoms with van der Waals surface area (Å²) < 4.78 is 52.3. The van der Waals surface area contributed by atoms with Crippen LogP contribution in [0.15, 0.2) is 47.5 Å². The number of hydrogen-bond acceptors (Lipinski definition) is 3. The Bertz CT molecular complexity index is 1070. The van der Waals surface area contributed by atoms with Crippen LogP contribution in [0.5, 0.6) is 0 Å². The second-order valence-corrected chi connectivity index (χ2v) is 7.71. The lowest BCUT2D eigenvalue weighted by Crippen LogP contribution is -2.24. The van der Waals surface area contributed by atoms with E-state index in [9.17, 15) is 22.4 Å². The highest BCUT2D eigenvalue weighted by Crippen LogP contribution is 2.36. The average molecular weight is 443 g/mol. The molecular formula is C20H15ClF4N2OS. The quantitative estimate of drug-likeness (QED) is 0.384. The Labute approximate surface area is 173 Å². The van der Waals surface area contributed by atoms with Gasteiger partial charge in [0.2, 0.25) is 0 Å². The number of carbonyl (C=O) groups is 1. The summed E-state index contributed by atoms with van der Waals surface area (Å²) in [6.07, 6.45) is -4.51. The van der Waals surface area contributed by atoms with Gasteiger partial charge in [-0.25, -0.2) is 9.37 Å². The summed E-state index contributed by atoms with van der Waals surface area (Å²) in [7, 11) is 0. The number of pyridine rings is 1. The molecule has 1 amide bonds. The first-order valence-corrected chi connectivity index (χ1v) is 9.93. The van der Waals surface area contributed by atoms with E-state index in [1.54, 1.807) is 6.07 Å². The Morgan fingerprint density at radius 1 is 1.21 bits per heavy atom. The van der Waals surface area contributed by atoms with Gasteiger partial charge in [0.15, 0.2) is 0 Å². The van der Waals surface area contributed by atoms with Gasteiger partial charge < -0.3 is 5.32 Å². The van der Waals surface area contributed by atoms with Crippen molar-refractivity contribution in [2.45, 2.75) is 24.7 Å². The summed E-state index contributed by atoms with van der Waals surface area (Å²) >= 11 is 7.59. The normalized spacial score (nSPS) is 11.7. The molecule has 0 aliphatic rings. The second-order valence-electron chi connectivity index (χ2n) is 6.08. The summed E-state index contributed by atoms with van der Waals surface area (Å²) in [5, 5.41) is 3.17. The Morgan fingerprint density at radius 2 is 1.97 bits per heavy atom. The van der Waals surface area contributed by atoms with E-state index >= 15 is 0 Å². The summed E-state index contributed by atoms with van der Waals surface area (Å²) in [4.78, 5) is 17.0. The van der Waals surface area contributed by atoms with E-state index < -0.39 is 23.5 Å². The van der Waals surface area contributed by atoms with Gasteiger partial charge in [0, 0.05) is 11.9 Å². The van der Waals surface area contributed by atoms with Gasteiger partial charge in [0.1, 0.15) is 10.8 Å². The second kappa shape index (κ2) is 8.59. The lowest BCUT2D eigenvalue weighted by atomic mass is 10.1. The predicted molar refractivity (Wildman–Crippen MR) is 106 cm³/mol. The topological polar surface area (TPSA) is 42.0 Å². The molecule has 0 unspecified atom stereocenters. The lowest BCUT2D eigenvalue weighted by molar-refractivity contribution is -0.137. The number of thioether (sulfide) groups is 1. The number of alkyl halides is 3. The van der Waals surface area contributed by atoms with Crippen molar-refractivity contribution in [2.75, 3.05) is 5.75 Å². The molecule has 0 fully saturated rings. The molecule has 0 radical (unpaired) electrons. The van der Waals surface area contributed by atoms with Crippen LogP contribution in [0.4, 0.5) is 17.6 Å². The fourth-order valence-electron chi connectivity index (χ4n) is 2.74. The zero-order chi connectivity index (χ0) is 21.2. The SMILES string of the molecule is CCSc1nc2cc(C(F)(F)F)ccc2c(Cl)c1C(=O)NCc1cccc(F)c1. The van der Waals surface area contributed by atoms with Crippen molar-refractivity contribution in [1.29, 1.82) is 0 Å². The molecule has 29 heavy (non-hydrogen) atoms. The van der Waals surface area contributed by atoms with Crippen molar-refractivity contribution in [3.8, 4) is 0 Å². The van der Waals surface area contributed by atoms with Gasteiger partial charge in [-0.05, 0) is 35.6 Å². The van der Waals surface area contributed by atoms with Gasteiger partial charge in [-0.1, -0.05) is 36.7 Å². The zero-order valence-corrected chi connectivity index (χ0v) is 16.7. The van der Waals surface area contributed by atoms with Crippen molar-refractivity contribution in [2.24, 2.45) is 0 Å². The molecule has 2 aromatic carbocycles. The van der Waals surface area contributed by atoms with E-state index in [2.05, 4.69) is 10.3 Å². The Balaban J connectivity index is 2.00. The lowest BCUT2D eigenvalue weighted by Gasteiger charge is -2.14. The van der Waals surface area contributed by atoms with Gasteiger partial charge in [0.05, 0.1) is 21.7 Å². The smallest absolute Gasteiger partial charge is 0.348 e. The average Bonchev–Trinajstić information content (AvgIpc) is 2.65. The minimum absolute atomic E-state index is 0.0245. The van der Waals surface area contributed by atoms with Crippen LogP contribution in [0.3, 0.4) is 0 Å². The Kier molecular flexibility index (Phi) is 6.33. The highest BCUT2D eigenvalue weighted by atomic mass is 35.5. The standard InChI is InChI=1S/C20H15ClF4N2OS/c1-2-29-19-16(18(28)26-10-11-4-3-5-13(22)8-11)17(21)14-7-6-12(20(23,24)25)9-15(14)27-19/h3-9H,2,10H2,1H3,(H,26,28). The maximum Gasteiger partial charge on any atom is 0.416 e. The van der Waals surface area contributed by atoms with Gasteiger partial charge in [-0.2, -0.15) is 13.2 Å². The molecule has 1 aromatic heterocycles. The Hall–Kier alpha value is -2.32. The minimum atomic E-state index is -4.51. The molecule has 0 aliphatic carbocycles. The van der Waals surface area contributed by atoms with Crippen molar-refractivity contribution < 1.29 is 22.4 Å². The maximum absolute atomic E-state index is 13.3. The van der Waals surface area contributed by atoms with Crippen molar-refractivity contribution >= 4 is 40.2 Å². The molecule has 152 valence electrons. The molecule has 0 aliphatic heterocycles. The van der Waals surface area contributed by atoms with Crippen LogP contribution in [0.2, 0.25) is 5.02 Å². The first-order chi connectivity index (χ1) is 13.7. The van der Waals surface area contributed by atoms with E-state index in [4.69, 9.17) is 11.6 Å². The molecule has 0 bridgehead atoms. The molecule has 0 spiro atoms. The monoisotopic (exact) mass is 442 g/mol. The molecule has 3 nitrogen and oxygen atoms in total. The van der Waals surface area contributed by atoms with Gasteiger partial charge in [-0.15, -0.1) is 11.8 Å². The fourth-order valence-corrected chi connectivity index (χ4v) is 3.90. The van der Waals surface area contributed by atoms with Crippen LogP contribution in [0.25, 0.3) is 10.9 Å². The van der Waals surface area contributed by atoms with E-state index in [1.165, 1.54) is 36.0 Å². The number of amides is 1. The van der Waals surface area contributed by atoms with Gasteiger partial charge in [0.25, 0.3) is 5.91 Å². The summed E-state index contributed by atoms with van der Waals surface area (Å²) in [5.74, 6) is -0.424. The number of carbonyl (C=O) groups excluding carboxylic acids is 1. The fraction of sp³-hybridized carbons (Fsp3) is 0.200. The number of fused-ring (bicyclic) bond motifs is 1. The van der Waals surface area contributed by atoms with Crippen molar-refractivity contribution in [1.82, 2.24) is 10.3 Å². The molecule has 0 saturated carbocycles. The Morgan fingerprint density at radius 3 is 2.62 bits per heavy atom. The van der Waals surface area contributed by atoms with Gasteiger partial charge in [-0.3, -0.25) is 4.79 Å². The van der Waals surface area contributed by atoms with Crippen LogP contribution in [-0.2, 0) is 12.7 Å². The number of benzene rings is 2. The molecule has 9 heteroatoms.